The fourth-order valence-electron chi connectivity index (χ4n) is 2.00. The van der Waals surface area contributed by atoms with E-state index in [1.807, 2.05) is 36.4 Å². The van der Waals surface area contributed by atoms with Crippen LogP contribution in [0.5, 0.6) is 0 Å². The van der Waals surface area contributed by atoms with E-state index in [-0.39, 0.29) is 24.0 Å². The molecule has 7 heteroatoms. The topological polar surface area (TPSA) is 49.6 Å². The van der Waals surface area contributed by atoms with Crippen molar-refractivity contribution in [1.82, 2.24) is 10.6 Å². The molecule has 2 aromatic rings. The number of furan rings is 1. The van der Waals surface area contributed by atoms with E-state index in [0.717, 1.165) is 47.6 Å². The molecule has 0 spiro atoms. The molecule has 24 heavy (non-hydrogen) atoms. The average molecular weight is 480 g/mol. The maximum Gasteiger partial charge on any atom is 0.191 e. The number of hydrogen-bond donors (Lipinski definition) is 2. The summed E-state index contributed by atoms with van der Waals surface area (Å²) in [7, 11) is 0. The van der Waals surface area contributed by atoms with Crippen LogP contribution < -0.4 is 10.6 Å². The smallest absolute Gasteiger partial charge is 0.191 e. The second-order valence-corrected chi connectivity index (χ2v) is 6.32. The predicted octanol–water partition coefficient (Wildman–Crippen LogP) is 4.19. The molecule has 0 atom stereocenters. The third-order valence-corrected chi connectivity index (χ3v) is 4.19. The minimum Gasteiger partial charge on any atom is -0.469 e. The Morgan fingerprint density at radius 1 is 1.17 bits per heavy atom. The SMILES string of the molecule is CSCCNC(=NCc1ccccc1Cl)NCCc1ccco1.I. The largest absolute Gasteiger partial charge is 0.469 e. The van der Waals surface area contributed by atoms with Gasteiger partial charge in [-0.2, -0.15) is 11.8 Å². The van der Waals surface area contributed by atoms with Crippen LogP contribution in [0.25, 0.3) is 0 Å². The van der Waals surface area contributed by atoms with E-state index in [4.69, 9.17) is 16.0 Å². The third kappa shape index (κ3) is 7.81. The molecule has 0 radical (unpaired) electrons. The van der Waals surface area contributed by atoms with Crippen molar-refractivity contribution < 1.29 is 4.42 Å². The highest BCUT2D eigenvalue weighted by molar-refractivity contribution is 14.0. The molecular formula is C17H23ClIN3OS. The summed E-state index contributed by atoms with van der Waals surface area (Å²) < 4.78 is 5.34. The van der Waals surface area contributed by atoms with Gasteiger partial charge in [0, 0.05) is 30.3 Å². The Morgan fingerprint density at radius 3 is 2.67 bits per heavy atom. The standard InChI is InChI=1S/C17H22ClN3OS.HI/c1-23-12-10-20-17(19-9-8-15-6-4-11-22-15)21-13-14-5-2-3-7-16(14)18;/h2-7,11H,8-10,12-13H2,1H3,(H2,19,20,21);1H. The lowest BCUT2D eigenvalue weighted by molar-refractivity contribution is 0.507. The van der Waals surface area contributed by atoms with E-state index in [2.05, 4.69) is 21.9 Å². The van der Waals surface area contributed by atoms with Crippen LogP contribution in [0, 0.1) is 0 Å². The molecule has 0 aliphatic rings. The minimum absolute atomic E-state index is 0. The van der Waals surface area contributed by atoms with Gasteiger partial charge < -0.3 is 15.1 Å². The lowest BCUT2D eigenvalue weighted by Gasteiger charge is -2.12. The number of nitrogens with one attached hydrogen (secondary N) is 2. The first-order valence-electron chi connectivity index (χ1n) is 7.56. The first-order chi connectivity index (χ1) is 11.3. The van der Waals surface area contributed by atoms with Gasteiger partial charge in [-0.25, -0.2) is 4.99 Å². The van der Waals surface area contributed by atoms with Gasteiger partial charge in [0.15, 0.2) is 5.96 Å². The van der Waals surface area contributed by atoms with Crippen molar-refractivity contribution in [3.05, 3.63) is 59.0 Å². The van der Waals surface area contributed by atoms with Crippen molar-refractivity contribution in [2.45, 2.75) is 13.0 Å². The lowest BCUT2D eigenvalue weighted by atomic mass is 10.2. The number of aliphatic imine (C=N–C) groups is 1. The van der Waals surface area contributed by atoms with Gasteiger partial charge >= 0.3 is 0 Å². The molecule has 0 saturated heterocycles. The van der Waals surface area contributed by atoms with E-state index in [0.29, 0.717) is 6.54 Å². The van der Waals surface area contributed by atoms with Crippen LogP contribution in [-0.2, 0) is 13.0 Å². The normalized spacial score (nSPS) is 11.0. The number of guanidine groups is 1. The maximum absolute atomic E-state index is 6.18. The van der Waals surface area contributed by atoms with Crippen molar-refractivity contribution in [2.24, 2.45) is 4.99 Å². The minimum atomic E-state index is 0. The molecule has 0 saturated carbocycles. The third-order valence-electron chi connectivity index (χ3n) is 3.21. The maximum atomic E-state index is 6.18. The average Bonchev–Trinajstić information content (AvgIpc) is 3.07. The number of nitrogens with zero attached hydrogens (tertiary/aromatic N) is 1. The lowest BCUT2D eigenvalue weighted by Crippen LogP contribution is -2.39. The summed E-state index contributed by atoms with van der Waals surface area (Å²) >= 11 is 7.98. The summed E-state index contributed by atoms with van der Waals surface area (Å²) in [6.07, 6.45) is 4.60. The van der Waals surface area contributed by atoms with E-state index in [1.165, 1.54) is 0 Å². The number of benzene rings is 1. The summed E-state index contributed by atoms with van der Waals surface area (Å²) in [5, 5.41) is 7.41. The number of halogens is 2. The van der Waals surface area contributed by atoms with Crippen molar-refractivity contribution in [2.75, 3.05) is 25.1 Å². The summed E-state index contributed by atoms with van der Waals surface area (Å²) in [4.78, 5) is 4.62. The molecule has 0 aliphatic carbocycles. The van der Waals surface area contributed by atoms with E-state index < -0.39 is 0 Å². The fraction of sp³-hybridized carbons (Fsp3) is 0.353. The Morgan fingerprint density at radius 2 is 1.96 bits per heavy atom. The van der Waals surface area contributed by atoms with E-state index >= 15 is 0 Å². The molecular weight excluding hydrogens is 457 g/mol. The predicted molar refractivity (Wildman–Crippen MR) is 115 cm³/mol. The molecule has 1 heterocycles. The first kappa shape index (κ1) is 21.2. The molecule has 132 valence electrons. The highest BCUT2D eigenvalue weighted by Gasteiger charge is 2.02. The van der Waals surface area contributed by atoms with Gasteiger partial charge in [-0.3, -0.25) is 0 Å². The number of rotatable bonds is 8. The molecule has 0 aliphatic heterocycles. The highest BCUT2D eigenvalue weighted by Crippen LogP contribution is 2.15. The quantitative estimate of drug-likeness (QED) is 0.258. The van der Waals surface area contributed by atoms with Crippen LogP contribution in [0.1, 0.15) is 11.3 Å². The fourth-order valence-corrected chi connectivity index (χ4v) is 2.50. The summed E-state index contributed by atoms with van der Waals surface area (Å²) in [5.74, 6) is 2.79. The molecule has 2 rings (SSSR count). The van der Waals surface area contributed by atoms with Crippen molar-refractivity contribution >= 4 is 53.3 Å². The van der Waals surface area contributed by atoms with Crippen LogP contribution in [-0.4, -0.2) is 31.1 Å². The van der Waals surface area contributed by atoms with Gasteiger partial charge in [0.05, 0.1) is 12.8 Å². The molecule has 0 bridgehead atoms. The second kappa shape index (κ2) is 12.5. The zero-order valence-corrected chi connectivity index (χ0v) is 17.5. The zero-order valence-electron chi connectivity index (χ0n) is 13.6. The molecule has 1 aromatic carbocycles. The summed E-state index contributed by atoms with van der Waals surface area (Å²) in [6.45, 7) is 2.19. The Labute approximate surface area is 169 Å². The van der Waals surface area contributed by atoms with Crippen molar-refractivity contribution in [1.29, 1.82) is 0 Å². The van der Waals surface area contributed by atoms with Gasteiger partial charge in [-0.05, 0) is 30.0 Å². The van der Waals surface area contributed by atoms with Gasteiger partial charge in [-0.1, -0.05) is 29.8 Å². The Kier molecular flexibility index (Phi) is 11.0. The molecule has 2 N–H and O–H groups in total. The first-order valence-corrected chi connectivity index (χ1v) is 9.33. The molecule has 0 fully saturated rings. The van der Waals surface area contributed by atoms with Gasteiger partial charge in [0.2, 0.25) is 0 Å². The second-order valence-electron chi connectivity index (χ2n) is 4.93. The molecule has 0 amide bonds. The van der Waals surface area contributed by atoms with E-state index in [9.17, 15) is 0 Å². The van der Waals surface area contributed by atoms with Gasteiger partial charge in [-0.15, -0.1) is 24.0 Å². The molecule has 0 unspecified atom stereocenters. The van der Waals surface area contributed by atoms with Crippen LogP contribution in [0.2, 0.25) is 5.02 Å². The summed E-state index contributed by atoms with van der Waals surface area (Å²) in [5.41, 5.74) is 1.02. The van der Waals surface area contributed by atoms with Crippen LogP contribution >= 0.6 is 47.3 Å². The zero-order chi connectivity index (χ0) is 16.3. The number of thioether (sulfide) groups is 1. The molecule has 4 nitrogen and oxygen atoms in total. The monoisotopic (exact) mass is 479 g/mol. The van der Waals surface area contributed by atoms with Gasteiger partial charge in [0.1, 0.15) is 5.76 Å². The van der Waals surface area contributed by atoms with Crippen molar-refractivity contribution in [3.8, 4) is 0 Å². The number of hydrogen-bond acceptors (Lipinski definition) is 3. The summed E-state index contributed by atoms with van der Waals surface area (Å²) in [6, 6.07) is 11.7. The van der Waals surface area contributed by atoms with Crippen LogP contribution in [0.15, 0.2) is 52.1 Å². The Balaban J connectivity index is 0.00000288. The molecule has 1 aromatic heterocycles. The van der Waals surface area contributed by atoms with Crippen molar-refractivity contribution in [3.63, 3.8) is 0 Å². The van der Waals surface area contributed by atoms with E-state index in [1.54, 1.807) is 18.0 Å². The van der Waals surface area contributed by atoms with Crippen LogP contribution in [0.3, 0.4) is 0 Å². The Bertz CT molecular complexity index is 608. The Hall–Kier alpha value is -0.860. The van der Waals surface area contributed by atoms with Gasteiger partial charge in [0.25, 0.3) is 0 Å². The highest BCUT2D eigenvalue weighted by atomic mass is 127. The van der Waals surface area contributed by atoms with Crippen LogP contribution in [0.4, 0.5) is 0 Å².